The molecule has 2 nitrogen and oxygen atoms in total. The Kier molecular flexibility index (Phi) is 2.20. The average Bonchev–Trinajstić information content (AvgIpc) is 2.48. The molecule has 0 N–H and O–H groups in total. The van der Waals surface area contributed by atoms with Gasteiger partial charge in [-0.1, -0.05) is 18.2 Å². The van der Waals surface area contributed by atoms with Gasteiger partial charge in [0.25, 0.3) is 0 Å². The van der Waals surface area contributed by atoms with Crippen LogP contribution < -0.4 is 4.90 Å². The van der Waals surface area contributed by atoms with Crippen LogP contribution in [0.25, 0.3) is 0 Å². The maximum Gasteiger partial charge on any atom is 0.0593 e. The number of rotatable bonds is 0. The second-order valence-corrected chi connectivity index (χ2v) is 4.40. The maximum absolute atomic E-state index is 4.53. The highest BCUT2D eigenvalue weighted by Gasteiger charge is 2.24. The minimum Gasteiger partial charge on any atom is -0.366 e. The van der Waals surface area contributed by atoms with E-state index in [0.717, 1.165) is 6.54 Å². The molecular formula is C13H16N2. The fraction of sp³-hybridized carbons (Fsp3) is 0.462. The average molecular weight is 200 g/mol. The third-order valence-electron chi connectivity index (χ3n) is 3.42. The molecule has 0 spiro atoms. The van der Waals surface area contributed by atoms with E-state index in [1.165, 1.54) is 37.1 Å². The molecule has 1 aromatic carbocycles. The molecule has 0 saturated carbocycles. The molecule has 2 heteroatoms. The molecule has 0 aromatic heterocycles. The molecule has 0 aliphatic carbocycles. The highest BCUT2D eigenvalue weighted by molar-refractivity contribution is 5.88. The van der Waals surface area contributed by atoms with Gasteiger partial charge in [-0.15, -0.1) is 0 Å². The van der Waals surface area contributed by atoms with Crippen LogP contribution >= 0.6 is 0 Å². The molecule has 3 rings (SSSR count). The van der Waals surface area contributed by atoms with E-state index in [-0.39, 0.29) is 0 Å². The van der Waals surface area contributed by atoms with Crippen molar-refractivity contribution in [3.63, 3.8) is 0 Å². The fourth-order valence-electron chi connectivity index (χ4n) is 2.64. The van der Waals surface area contributed by atoms with Crippen LogP contribution in [0.15, 0.2) is 29.3 Å². The van der Waals surface area contributed by atoms with Gasteiger partial charge < -0.3 is 4.90 Å². The molecule has 0 amide bonds. The molecule has 78 valence electrons. The number of nitrogens with zero attached hydrogens (tertiary/aromatic N) is 2. The lowest BCUT2D eigenvalue weighted by molar-refractivity contribution is 0.468. The quantitative estimate of drug-likeness (QED) is 0.628. The van der Waals surface area contributed by atoms with Gasteiger partial charge in [0, 0.05) is 30.1 Å². The predicted octanol–water partition coefficient (Wildman–Crippen LogP) is 2.48. The Hall–Kier alpha value is -1.31. The molecule has 1 aromatic rings. The molecule has 1 atom stereocenters. The summed E-state index contributed by atoms with van der Waals surface area (Å²) >= 11 is 0. The molecule has 2 aliphatic rings. The van der Waals surface area contributed by atoms with Crippen LogP contribution in [0.2, 0.25) is 0 Å². The van der Waals surface area contributed by atoms with Gasteiger partial charge in [0.1, 0.15) is 0 Å². The van der Waals surface area contributed by atoms with Crippen molar-refractivity contribution in [1.82, 2.24) is 0 Å². The van der Waals surface area contributed by atoms with Gasteiger partial charge in [-0.2, -0.15) is 0 Å². The summed E-state index contributed by atoms with van der Waals surface area (Å²) in [5, 5.41) is 0. The Morgan fingerprint density at radius 3 is 3.13 bits per heavy atom. The molecule has 2 aliphatic heterocycles. The van der Waals surface area contributed by atoms with Crippen molar-refractivity contribution in [2.45, 2.75) is 25.3 Å². The summed E-state index contributed by atoms with van der Waals surface area (Å²) in [5.74, 6) is 0. The molecule has 1 unspecified atom stereocenters. The van der Waals surface area contributed by atoms with Crippen molar-refractivity contribution < 1.29 is 0 Å². The third-order valence-corrected chi connectivity index (χ3v) is 3.42. The number of aliphatic imine (C=N–C) groups is 1. The van der Waals surface area contributed by atoms with Crippen LogP contribution in [0, 0.1) is 0 Å². The summed E-state index contributed by atoms with van der Waals surface area (Å²) in [6.45, 7) is 2.17. The lowest BCUT2D eigenvalue weighted by Crippen LogP contribution is -2.41. The van der Waals surface area contributed by atoms with E-state index < -0.39 is 0 Å². The number of hydrogen-bond donors (Lipinski definition) is 0. The van der Waals surface area contributed by atoms with Crippen molar-refractivity contribution in [3.05, 3.63) is 29.8 Å². The number of benzene rings is 1. The number of hydrogen-bond acceptors (Lipinski definition) is 2. The van der Waals surface area contributed by atoms with Crippen LogP contribution in [-0.4, -0.2) is 25.3 Å². The van der Waals surface area contributed by atoms with Gasteiger partial charge in [0.2, 0.25) is 0 Å². The molecular weight excluding hydrogens is 184 g/mol. The van der Waals surface area contributed by atoms with E-state index in [1.807, 2.05) is 6.21 Å². The van der Waals surface area contributed by atoms with Crippen LogP contribution in [0.3, 0.4) is 0 Å². The van der Waals surface area contributed by atoms with Crippen molar-refractivity contribution in [1.29, 1.82) is 0 Å². The molecule has 1 saturated heterocycles. The highest BCUT2D eigenvalue weighted by Crippen LogP contribution is 2.28. The summed E-state index contributed by atoms with van der Waals surface area (Å²) in [5.41, 5.74) is 2.66. The standard InChI is InChI=1S/C13H16N2/c1-2-7-13-11(5-1)9-14-10-12-6-3-4-8-15(12)13/h1-2,5,7,9,12H,3-4,6,8,10H2. The molecule has 15 heavy (non-hydrogen) atoms. The van der Waals surface area contributed by atoms with Gasteiger partial charge in [-0.05, 0) is 25.3 Å². The smallest absolute Gasteiger partial charge is 0.0593 e. The molecule has 0 radical (unpaired) electrons. The molecule has 2 heterocycles. The van der Waals surface area contributed by atoms with Crippen LogP contribution in [0.5, 0.6) is 0 Å². The van der Waals surface area contributed by atoms with Gasteiger partial charge >= 0.3 is 0 Å². The predicted molar refractivity (Wildman–Crippen MR) is 63.9 cm³/mol. The maximum atomic E-state index is 4.53. The largest absolute Gasteiger partial charge is 0.366 e. The Balaban J connectivity index is 2.04. The van der Waals surface area contributed by atoms with E-state index in [2.05, 4.69) is 34.2 Å². The van der Waals surface area contributed by atoms with Gasteiger partial charge in [-0.3, -0.25) is 4.99 Å². The minimum absolute atomic E-state index is 0.638. The Bertz CT molecular complexity index is 384. The zero-order chi connectivity index (χ0) is 10.1. The zero-order valence-corrected chi connectivity index (χ0v) is 8.89. The SMILES string of the molecule is C1=NCC2CCCCN2c2ccccc21. The monoisotopic (exact) mass is 200 g/mol. The first-order valence-electron chi connectivity index (χ1n) is 5.80. The summed E-state index contributed by atoms with van der Waals surface area (Å²) in [7, 11) is 0. The summed E-state index contributed by atoms with van der Waals surface area (Å²) < 4.78 is 0. The van der Waals surface area contributed by atoms with Crippen LogP contribution in [0.4, 0.5) is 5.69 Å². The van der Waals surface area contributed by atoms with Gasteiger partial charge in [0.15, 0.2) is 0 Å². The van der Waals surface area contributed by atoms with Crippen LogP contribution in [-0.2, 0) is 0 Å². The summed E-state index contributed by atoms with van der Waals surface area (Å²) in [4.78, 5) is 7.08. The lowest BCUT2D eigenvalue weighted by Gasteiger charge is -2.36. The van der Waals surface area contributed by atoms with Gasteiger partial charge in [0.05, 0.1) is 6.54 Å². The molecule has 1 fully saturated rings. The third kappa shape index (κ3) is 1.54. The zero-order valence-electron chi connectivity index (χ0n) is 8.89. The molecule has 0 bridgehead atoms. The number of anilines is 1. The van der Waals surface area contributed by atoms with E-state index in [4.69, 9.17) is 0 Å². The van der Waals surface area contributed by atoms with Crippen molar-refractivity contribution in [2.24, 2.45) is 4.99 Å². The van der Waals surface area contributed by atoms with E-state index >= 15 is 0 Å². The number of fused-ring (bicyclic) bond motifs is 3. The normalized spacial score (nSPS) is 24.3. The minimum atomic E-state index is 0.638. The Morgan fingerprint density at radius 1 is 1.20 bits per heavy atom. The van der Waals surface area contributed by atoms with Gasteiger partial charge in [-0.25, -0.2) is 0 Å². The van der Waals surface area contributed by atoms with E-state index in [0.29, 0.717) is 6.04 Å². The lowest BCUT2D eigenvalue weighted by atomic mass is 10.0. The topological polar surface area (TPSA) is 15.6 Å². The summed E-state index contributed by atoms with van der Waals surface area (Å²) in [6, 6.07) is 9.25. The van der Waals surface area contributed by atoms with Crippen molar-refractivity contribution >= 4 is 11.9 Å². The number of para-hydroxylation sites is 1. The first-order chi connectivity index (χ1) is 7.45. The first kappa shape index (κ1) is 8.96. The van der Waals surface area contributed by atoms with Crippen LogP contribution in [0.1, 0.15) is 24.8 Å². The Labute approximate surface area is 90.6 Å². The second-order valence-electron chi connectivity index (χ2n) is 4.40. The van der Waals surface area contributed by atoms with E-state index in [1.54, 1.807) is 0 Å². The Morgan fingerprint density at radius 2 is 2.13 bits per heavy atom. The van der Waals surface area contributed by atoms with Crippen molar-refractivity contribution in [3.8, 4) is 0 Å². The highest BCUT2D eigenvalue weighted by atomic mass is 15.2. The summed E-state index contributed by atoms with van der Waals surface area (Å²) in [6.07, 6.45) is 6.02. The van der Waals surface area contributed by atoms with Crippen molar-refractivity contribution in [2.75, 3.05) is 18.0 Å². The van der Waals surface area contributed by atoms with E-state index in [9.17, 15) is 0 Å². The first-order valence-corrected chi connectivity index (χ1v) is 5.80. The fourth-order valence-corrected chi connectivity index (χ4v) is 2.64. The second kappa shape index (κ2) is 3.69. The number of piperidine rings is 1.